The third-order valence-electron chi connectivity index (χ3n) is 0.831. The van der Waals surface area contributed by atoms with Crippen molar-refractivity contribution in [3.8, 4) is 0 Å². The van der Waals surface area contributed by atoms with E-state index in [4.69, 9.17) is 0 Å². The molecule has 0 aromatic carbocycles. The zero-order valence-electron chi connectivity index (χ0n) is 4.11. The van der Waals surface area contributed by atoms with Gasteiger partial charge in [-0.05, 0) is 15.9 Å². The Hall–Kier alpha value is -0.180. The lowest BCUT2D eigenvalue weighted by Gasteiger charge is -2.02. The second-order valence-electron chi connectivity index (χ2n) is 1.57. The third-order valence-corrected chi connectivity index (χ3v) is 1.32. The average Bonchev–Trinajstić information content (AvgIpc) is 1.87. The Labute approximate surface area is 51.3 Å². The van der Waals surface area contributed by atoms with E-state index in [0.29, 0.717) is 0 Å². The van der Waals surface area contributed by atoms with Crippen molar-refractivity contribution in [2.45, 2.75) is 0 Å². The molecule has 0 fully saturated rings. The first-order valence-electron chi connectivity index (χ1n) is 2.10. The molecule has 40 valence electrons. The highest BCUT2D eigenvalue weighted by Crippen LogP contribution is 2.05. The Morgan fingerprint density at radius 3 is 2.86 bits per heavy atom. The first-order valence-corrected chi connectivity index (χ1v) is 2.90. The molecule has 0 radical (unpaired) electrons. The van der Waals surface area contributed by atoms with Gasteiger partial charge >= 0.3 is 0 Å². The van der Waals surface area contributed by atoms with Crippen LogP contribution in [0.1, 0.15) is 0 Å². The van der Waals surface area contributed by atoms with Gasteiger partial charge in [0.05, 0.1) is 11.3 Å². The zero-order chi connectivity index (χ0) is 5.28. The van der Waals surface area contributed by atoms with E-state index in [-0.39, 0.29) is 0 Å². The van der Waals surface area contributed by atoms with Crippen molar-refractivity contribution in [1.82, 2.24) is 10.2 Å². The summed E-state index contributed by atoms with van der Waals surface area (Å²) in [5.74, 6) is 0. The van der Waals surface area contributed by atoms with Crippen molar-refractivity contribution in [3.05, 3.63) is 10.8 Å². The molecule has 0 aromatic rings. The topological polar surface area (TPSA) is 15.3 Å². The minimum atomic E-state index is 0.917. The highest BCUT2D eigenvalue weighted by molar-refractivity contribution is 9.11. The highest BCUT2D eigenvalue weighted by Gasteiger charge is 2.00. The molecule has 1 aliphatic heterocycles. The number of rotatable bonds is 0. The molecule has 1 N–H and O–H groups in total. The van der Waals surface area contributed by atoms with Crippen LogP contribution in [0.4, 0.5) is 0 Å². The fraction of sp³-hybridized carbons (Fsp3) is 0.500. The van der Waals surface area contributed by atoms with Crippen molar-refractivity contribution >= 4 is 15.9 Å². The SMILES string of the molecule is CN1C=C(Br)NC1. The van der Waals surface area contributed by atoms with E-state index in [9.17, 15) is 0 Å². The molecular weight excluding hydrogens is 156 g/mol. The van der Waals surface area contributed by atoms with Gasteiger partial charge in [-0.1, -0.05) is 0 Å². The van der Waals surface area contributed by atoms with Crippen LogP contribution < -0.4 is 5.32 Å². The van der Waals surface area contributed by atoms with E-state index in [1.54, 1.807) is 0 Å². The maximum Gasteiger partial charge on any atom is 0.0955 e. The number of nitrogens with zero attached hydrogens (tertiary/aromatic N) is 1. The summed E-state index contributed by atoms with van der Waals surface area (Å²) in [6.45, 7) is 0.917. The van der Waals surface area contributed by atoms with Gasteiger partial charge in [0.2, 0.25) is 0 Å². The Kier molecular flexibility index (Phi) is 1.23. The lowest BCUT2D eigenvalue weighted by atomic mass is 10.9. The van der Waals surface area contributed by atoms with Crippen LogP contribution in [0.25, 0.3) is 0 Å². The summed E-state index contributed by atoms with van der Waals surface area (Å²) in [7, 11) is 2.02. The van der Waals surface area contributed by atoms with Gasteiger partial charge in [0.25, 0.3) is 0 Å². The largest absolute Gasteiger partial charge is 0.361 e. The van der Waals surface area contributed by atoms with Gasteiger partial charge in [0, 0.05) is 13.2 Å². The molecule has 0 saturated heterocycles. The van der Waals surface area contributed by atoms with E-state index < -0.39 is 0 Å². The Morgan fingerprint density at radius 1 is 2.00 bits per heavy atom. The summed E-state index contributed by atoms with van der Waals surface area (Å²) >= 11 is 3.29. The fourth-order valence-electron chi connectivity index (χ4n) is 0.485. The molecule has 0 aromatic heterocycles. The van der Waals surface area contributed by atoms with Gasteiger partial charge in [-0.3, -0.25) is 0 Å². The normalized spacial score (nSPS) is 19.1. The van der Waals surface area contributed by atoms with Crippen molar-refractivity contribution in [3.63, 3.8) is 0 Å². The molecule has 0 saturated carbocycles. The summed E-state index contributed by atoms with van der Waals surface area (Å²) in [5.41, 5.74) is 0. The summed E-state index contributed by atoms with van der Waals surface area (Å²) < 4.78 is 1.06. The predicted octanol–water partition coefficient (Wildman–Crippen LogP) is 0.673. The van der Waals surface area contributed by atoms with Crippen LogP contribution in [0.3, 0.4) is 0 Å². The van der Waals surface area contributed by atoms with Gasteiger partial charge in [-0.25, -0.2) is 0 Å². The second kappa shape index (κ2) is 1.74. The van der Waals surface area contributed by atoms with Crippen LogP contribution in [-0.4, -0.2) is 18.6 Å². The lowest BCUT2D eigenvalue weighted by Crippen LogP contribution is -2.15. The average molecular weight is 163 g/mol. The summed E-state index contributed by atoms with van der Waals surface area (Å²) in [6, 6.07) is 0. The van der Waals surface area contributed by atoms with Crippen LogP contribution in [-0.2, 0) is 0 Å². The zero-order valence-corrected chi connectivity index (χ0v) is 5.70. The van der Waals surface area contributed by atoms with Crippen molar-refractivity contribution in [2.75, 3.05) is 13.7 Å². The number of halogens is 1. The smallest absolute Gasteiger partial charge is 0.0955 e. The molecule has 1 heterocycles. The number of hydrogen-bond donors (Lipinski definition) is 1. The van der Waals surface area contributed by atoms with Crippen molar-refractivity contribution in [2.24, 2.45) is 0 Å². The minimum absolute atomic E-state index is 0.917. The molecule has 0 bridgehead atoms. The molecule has 7 heavy (non-hydrogen) atoms. The summed E-state index contributed by atoms with van der Waals surface area (Å²) in [6.07, 6.45) is 2.00. The molecule has 3 heteroatoms. The molecule has 0 amide bonds. The second-order valence-corrected chi connectivity index (χ2v) is 2.42. The summed E-state index contributed by atoms with van der Waals surface area (Å²) in [4.78, 5) is 2.06. The number of hydrogen-bond acceptors (Lipinski definition) is 2. The van der Waals surface area contributed by atoms with Crippen LogP contribution in [0.5, 0.6) is 0 Å². The molecule has 0 spiro atoms. The molecule has 2 nitrogen and oxygen atoms in total. The molecular formula is C4H7BrN2. The first-order chi connectivity index (χ1) is 3.29. The maximum absolute atomic E-state index is 3.29. The van der Waals surface area contributed by atoms with Gasteiger partial charge < -0.3 is 10.2 Å². The Bertz CT molecular complexity index is 99.9. The van der Waals surface area contributed by atoms with Crippen molar-refractivity contribution in [1.29, 1.82) is 0 Å². The standard InChI is InChI=1S/C4H7BrN2/c1-7-2-4(5)6-3-7/h2,6H,3H2,1H3. The van der Waals surface area contributed by atoms with Crippen LogP contribution >= 0.6 is 15.9 Å². The molecule has 0 unspecified atom stereocenters. The van der Waals surface area contributed by atoms with E-state index in [1.807, 2.05) is 13.2 Å². The summed E-state index contributed by atoms with van der Waals surface area (Å²) in [5, 5.41) is 3.07. The van der Waals surface area contributed by atoms with E-state index >= 15 is 0 Å². The molecule has 1 rings (SSSR count). The van der Waals surface area contributed by atoms with Crippen LogP contribution in [0.15, 0.2) is 10.8 Å². The third kappa shape index (κ3) is 1.09. The monoisotopic (exact) mass is 162 g/mol. The van der Waals surface area contributed by atoms with Crippen LogP contribution in [0, 0.1) is 0 Å². The minimum Gasteiger partial charge on any atom is -0.361 e. The van der Waals surface area contributed by atoms with Gasteiger partial charge in [-0.2, -0.15) is 0 Å². The van der Waals surface area contributed by atoms with E-state index in [1.165, 1.54) is 0 Å². The van der Waals surface area contributed by atoms with Gasteiger partial charge in [0.1, 0.15) is 0 Å². The molecule has 0 atom stereocenters. The predicted molar refractivity (Wildman–Crippen MR) is 32.8 cm³/mol. The molecule has 1 aliphatic rings. The van der Waals surface area contributed by atoms with Crippen LogP contribution in [0.2, 0.25) is 0 Å². The Morgan fingerprint density at radius 2 is 2.71 bits per heavy atom. The lowest BCUT2D eigenvalue weighted by molar-refractivity contribution is 0.474. The quantitative estimate of drug-likeness (QED) is 0.528. The molecule has 0 aliphatic carbocycles. The number of nitrogens with one attached hydrogen (secondary N) is 1. The van der Waals surface area contributed by atoms with E-state index in [2.05, 4.69) is 26.1 Å². The van der Waals surface area contributed by atoms with Gasteiger partial charge in [0.15, 0.2) is 0 Å². The maximum atomic E-state index is 3.29. The highest BCUT2D eigenvalue weighted by atomic mass is 79.9. The van der Waals surface area contributed by atoms with E-state index in [0.717, 1.165) is 11.3 Å². The van der Waals surface area contributed by atoms with Crippen molar-refractivity contribution < 1.29 is 0 Å². The Balaban J connectivity index is 2.50. The van der Waals surface area contributed by atoms with Gasteiger partial charge in [-0.15, -0.1) is 0 Å². The first kappa shape index (κ1) is 4.97. The fourth-order valence-corrected chi connectivity index (χ4v) is 0.960.